The molecule has 1 saturated carbocycles. The van der Waals surface area contributed by atoms with Gasteiger partial charge in [-0.25, -0.2) is 4.79 Å². The van der Waals surface area contributed by atoms with Crippen LogP contribution >= 0.6 is 0 Å². The number of cyclic esters (lactones) is 1. The molecule has 2 N–H and O–H groups in total. The van der Waals surface area contributed by atoms with Crippen LogP contribution in [0.15, 0.2) is 60.7 Å². The van der Waals surface area contributed by atoms with Crippen LogP contribution in [0.4, 0.5) is 4.79 Å². The molecule has 29 heavy (non-hydrogen) atoms. The Morgan fingerprint density at radius 3 is 2.10 bits per heavy atom. The van der Waals surface area contributed by atoms with Crippen molar-refractivity contribution in [3.8, 4) is 0 Å². The maximum absolute atomic E-state index is 11.8. The number of carbonyl (C=O) groups excluding carboxylic acids is 2. The van der Waals surface area contributed by atoms with Gasteiger partial charge in [0.25, 0.3) is 5.91 Å². The van der Waals surface area contributed by atoms with Crippen molar-refractivity contribution in [2.24, 2.45) is 0 Å². The molecule has 2 amide bonds. The summed E-state index contributed by atoms with van der Waals surface area (Å²) in [6.45, 7) is 3.81. The average molecular weight is 395 g/mol. The first kappa shape index (κ1) is 20.9. The van der Waals surface area contributed by atoms with Crippen LogP contribution in [0, 0.1) is 0 Å². The van der Waals surface area contributed by atoms with Crippen molar-refractivity contribution in [2.45, 2.75) is 63.6 Å². The Balaban J connectivity index is 0.000000166. The van der Waals surface area contributed by atoms with Crippen LogP contribution in [0.5, 0.6) is 0 Å². The van der Waals surface area contributed by atoms with Crippen molar-refractivity contribution >= 4 is 12.0 Å². The Bertz CT molecular complexity index is 799. The number of hydrogen-bond donors (Lipinski definition) is 2. The normalized spacial score (nSPS) is 20.6. The number of benzene rings is 2. The van der Waals surface area contributed by atoms with E-state index in [1.807, 2.05) is 74.5 Å². The summed E-state index contributed by atoms with van der Waals surface area (Å²) in [7, 11) is 0. The summed E-state index contributed by atoms with van der Waals surface area (Å²) < 4.78 is 5.17. The minimum Gasteiger partial charge on any atom is -0.441 e. The van der Waals surface area contributed by atoms with Crippen LogP contribution in [-0.2, 0) is 4.74 Å². The minimum absolute atomic E-state index is 0.0591. The van der Waals surface area contributed by atoms with Crippen molar-refractivity contribution in [1.82, 2.24) is 10.6 Å². The van der Waals surface area contributed by atoms with E-state index in [4.69, 9.17) is 4.74 Å². The smallest absolute Gasteiger partial charge is 0.408 e. The van der Waals surface area contributed by atoms with E-state index in [0.717, 1.165) is 24.0 Å². The van der Waals surface area contributed by atoms with E-state index in [-0.39, 0.29) is 18.0 Å². The maximum atomic E-state index is 11.8. The number of alkyl carbamates (subject to hydrolysis) is 1. The highest BCUT2D eigenvalue weighted by molar-refractivity contribution is 5.94. The molecule has 1 heterocycles. The van der Waals surface area contributed by atoms with Crippen molar-refractivity contribution < 1.29 is 14.3 Å². The highest BCUT2D eigenvalue weighted by Gasteiger charge is 2.41. The van der Waals surface area contributed by atoms with Crippen molar-refractivity contribution in [2.75, 3.05) is 0 Å². The number of carbonyl (C=O) groups is 2. The second-order valence-electron chi connectivity index (χ2n) is 8.16. The Labute approximate surface area is 172 Å². The summed E-state index contributed by atoms with van der Waals surface area (Å²) in [5.74, 6) is 0.0718. The van der Waals surface area contributed by atoms with Crippen molar-refractivity contribution in [3.05, 3.63) is 71.8 Å². The number of rotatable bonds is 3. The van der Waals surface area contributed by atoms with Gasteiger partial charge < -0.3 is 15.4 Å². The van der Waals surface area contributed by atoms with Gasteiger partial charge in [0.1, 0.15) is 5.60 Å². The molecule has 2 aromatic rings. The van der Waals surface area contributed by atoms with E-state index >= 15 is 0 Å². The fourth-order valence-corrected chi connectivity index (χ4v) is 3.85. The first-order valence-corrected chi connectivity index (χ1v) is 10.4. The standard InChI is InChI=1S/C13H17NO.C11H13NO2/c15-13(11-7-3-1-4-8-11)14-12-9-5-2-6-10-12;1-11(2)9(12-10(13)14-11)8-6-4-3-5-7-8/h1,3-4,7-8,12H,2,5-6,9-10H2,(H,14,15);3-7,9H,1-2H3,(H,12,13). The first-order chi connectivity index (χ1) is 14.0. The Morgan fingerprint density at radius 2 is 1.55 bits per heavy atom. The lowest BCUT2D eigenvalue weighted by Crippen LogP contribution is -2.36. The summed E-state index contributed by atoms with van der Waals surface area (Å²) in [6.07, 6.45) is 5.75. The molecule has 2 fully saturated rings. The Morgan fingerprint density at radius 1 is 0.966 bits per heavy atom. The summed E-state index contributed by atoms with van der Waals surface area (Å²) in [5, 5.41) is 5.90. The van der Waals surface area contributed by atoms with Gasteiger partial charge >= 0.3 is 6.09 Å². The summed E-state index contributed by atoms with van der Waals surface area (Å²) in [5.41, 5.74) is 1.37. The highest BCUT2D eigenvalue weighted by atomic mass is 16.6. The highest BCUT2D eigenvalue weighted by Crippen LogP contribution is 2.33. The largest absolute Gasteiger partial charge is 0.441 e. The third kappa shape index (κ3) is 5.83. The molecule has 0 aromatic heterocycles. The number of hydrogen-bond acceptors (Lipinski definition) is 3. The molecule has 0 bridgehead atoms. The van der Waals surface area contributed by atoms with E-state index in [0.29, 0.717) is 6.04 Å². The Hall–Kier alpha value is -2.82. The fourth-order valence-electron chi connectivity index (χ4n) is 3.85. The van der Waals surface area contributed by atoms with E-state index in [1.165, 1.54) is 19.3 Å². The predicted octanol–water partition coefficient (Wildman–Crippen LogP) is 5.00. The second kappa shape index (κ2) is 9.59. The molecule has 0 spiro atoms. The van der Waals surface area contributed by atoms with Crippen molar-refractivity contribution in [1.29, 1.82) is 0 Å². The minimum atomic E-state index is -0.474. The summed E-state index contributed by atoms with van der Waals surface area (Å²) in [6, 6.07) is 19.6. The molecule has 1 aliphatic carbocycles. The summed E-state index contributed by atoms with van der Waals surface area (Å²) >= 11 is 0. The molecule has 2 aliphatic rings. The van der Waals surface area contributed by atoms with Crippen LogP contribution in [0.2, 0.25) is 0 Å². The molecular formula is C24H30N2O3. The molecule has 5 heteroatoms. The zero-order valence-electron chi connectivity index (χ0n) is 17.2. The zero-order valence-corrected chi connectivity index (χ0v) is 17.2. The molecule has 0 radical (unpaired) electrons. The molecule has 154 valence electrons. The lowest BCUT2D eigenvalue weighted by atomic mass is 9.93. The topological polar surface area (TPSA) is 67.4 Å². The van der Waals surface area contributed by atoms with Gasteiger partial charge in [0.05, 0.1) is 6.04 Å². The first-order valence-electron chi connectivity index (χ1n) is 10.4. The molecule has 1 aliphatic heterocycles. The number of amides is 2. The zero-order chi connectivity index (χ0) is 20.7. The van der Waals surface area contributed by atoms with Gasteiger partial charge in [-0.1, -0.05) is 67.8 Å². The van der Waals surface area contributed by atoms with Crippen molar-refractivity contribution in [3.63, 3.8) is 0 Å². The van der Waals surface area contributed by atoms with Gasteiger partial charge in [-0.05, 0) is 44.4 Å². The summed E-state index contributed by atoms with van der Waals surface area (Å²) in [4.78, 5) is 22.9. The van der Waals surface area contributed by atoms with Crippen LogP contribution in [-0.4, -0.2) is 23.6 Å². The van der Waals surface area contributed by atoms with Crippen LogP contribution in [0.3, 0.4) is 0 Å². The Kier molecular flexibility index (Phi) is 6.91. The van der Waals surface area contributed by atoms with Gasteiger partial charge in [-0.3, -0.25) is 4.79 Å². The molecular weight excluding hydrogens is 364 g/mol. The van der Waals surface area contributed by atoms with E-state index < -0.39 is 5.60 Å². The average Bonchev–Trinajstić information content (AvgIpc) is 3.02. The van der Waals surface area contributed by atoms with Crippen LogP contribution in [0.1, 0.15) is 67.9 Å². The molecule has 1 atom stereocenters. The fraction of sp³-hybridized carbons (Fsp3) is 0.417. The van der Waals surface area contributed by atoms with Gasteiger partial charge in [0, 0.05) is 11.6 Å². The monoisotopic (exact) mass is 394 g/mol. The maximum Gasteiger partial charge on any atom is 0.408 e. The quantitative estimate of drug-likeness (QED) is 0.770. The number of nitrogens with one attached hydrogen (secondary N) is 2. The van der Waals surface area contributed by atoms with Gasteiger partial charge in [0.2, 0.25) is 0 Å². The molecule has 2 aromatic carbocycles. The van der Waals surface area contributed by atoms with E-state index in [1.54, 1.807) is 0 Å². The third-order valence-corrected chi connectivity index (χ3v) is 5.42. The van der Waals surface area contributed by atoms with Gasteiger partial charge in [-0.15, -0.1) is 0 Å². The lowest BCUT2D eigenvalue weighted by molar-refractivity contribution is 0.0684. The SMILES string of the molecule is CC1(C)OC(=O)NC1c1ccccc1.O=C(NC1CCCCC1)c1ccccc1. The molecule has 1 saturated heterocycles. The third-order valence-electron chi connectivity index (χ3n) is 5.42. The number of ether oxygens (including phenoxy) is 1. The van der Waals surface area contributed by atoms with E-state index in [9.17, 15) is 9.59 Å². The second-order valence-corrected chi connectivity index (χ2v) is 8.16. The van der Waals surface area contributed by atoms with Gasteiger partial charge in [0.15, 0.2) is 0 Å². The molecule has 1 unspecified atom stereocenters. The van der Waals surface area contributed by atoms with Gasteiger partial charge in [-0.2, -0.15) is 0 Å². The lowest BCUT2D eigenvalue weighted by Gasteiger charge is -2.23. The van der Waals surface area contributed by atoms with Crippen LogP contribution in [0.25, 0.3) is 0 Å². The van der Waals surface area contributed by atoms with Crippen LogP contribution < -0.4 is 10.6 Å². The molecule has 5 nitrogen and oxygen atoms in total. The van der Waals surface area contributed by atoms with E-state index in [2.05, 4.69) is 10.6 Å². The predicted molar refractivity (Wildman–Crippen MR) is 114 cm³/mol. The molecule has 4 rings (SSSR count).